The van der Waals surface area contributed by atoms with Crippen molar-refractivity contribution >= 4 is 40.1 Å². The molecule has 3 aromatic heterocycles. The monoisotopic (exact) mass is 461 g/mol. The van der Waals surface area contributed by atoms with Crippen molar-refractivity contribution < 1.29 is 9.59 Å². The van der Waals surface area contributed by atoms with E-state index < -0.39 is 5.91 Å². The van der Waals surface area contributed by atoms with Crippen LogP contribution in [0.2, 0.25) is 0 Å². The Bertz CT molecular complexity index is 1300. The third kappa shape index (κ3) is 4.29. The van der Waals surface area contributed by atoms with Gasteiger partial charge in [-0.3, -0.25) is 14.2 Å². The topological polar surface area (TPSA) is 119 Å². The molecule has 10 heteroatoms. The number of thiophene rings is 1. The molecule has 0 unspecified atom stereocenters. The van der Waals surface area contributed by atoms with Gasteiger partial charge < -0.3 is 16.0 Å². The van der Waals surface area contributed by atoms with Crippen LogP contribution in [0.1, 0.15) is 29.6 Å². The summed E-state index contributed by atoms with van der Waals surface area (Å²) in [5.74, 6) is 0.909. The van der Waals surface area contributed by atoms with Gasteiger partial charge in [0.2, 0.25) is 11.8 Å². The van der Waals surface area contributed by atoms with Crippen LogP contribution in [0.4, 0.5) is 5.82 Å². The Morgan fingerprint density at radius 1 is 1.18 bits per heavy atom. The van der Waals surface area contributed by atoms with Gasteiger partial charge in [0, 0.05) is 42.6 Å². The zero-order chi connectivity index (χ0) is 22.8. The van der Waals surface area contributed by atoms with E-state index in [2.05, 4.69) is 10.3 Å². The van der Waals surface area contributed by atoms with Gasteiger partial charge in [-0.1, -0.05) is 12.1 Å². The zero-order valence-electron chi connectivity index (χ0n) is 17.9. The van der Waals surface area contributed by atoms with Gasteiger partial charge in [-0.15, -0.1) is 0 Å². The van der Waals surface area contributed by atoms with E-state index in [1.54, 1.807) is 41.9 Å². The highest BCUT2D eigenvalue weighted by Crippen LogP contribution is 2.27. The summed E-state index contributed by atoms with van der Waals surface area (Å²) < 4.78 is 1.93. The molecule has 1 saturated heterocycles. The molecule has 0 aliphatic carbocycles. The summed E-state index contributed by atoms with van der Waals surface area (Å²) in [4.78, 5) is 39.3. The Kier molecular flexibility index (Phi) is 5.74. The molecule has 5 rings (SSSR count). The second-order valence-corrected chi connectivity index (χ2v) is 8.65. The SMILES string of the molecule is NC(=O)c1ccc(-c2nc(NCCCN3CCCC3=O)c3ncn(-c4ccsc4)c3n2)cc1. The van der Waals surface area contributed by atoms with E-state index in [4.69, 9.17) is 15.7 Å². The Labute approximate surface area is 194 Å². The number of aromatic nitrogens is 4. The number of nitrogens with two attached hydrogens (primary N) is 1. The highest BCUT2D eigenvalue weighted by molar-refractivity contribution is 7.08. The number of imidazole rings is 1. The lowest BCUT2D eigenvalue weighted by atomic mass is 10.1. The number of carbonyl (C=O) groups is 2. The van der Waals surface area contributed by atoms with Crippen molar-refractivity contribution in [2.24, 2.45) is 5.73 Å². The number of rotatable bonds is 8. The van der Waals surface area contributed by atoms with Gasteiger partial charge in [0.15, 0.2) is 22.8 Å². The highest BCUT2D eigenvalue weighted by atomic mass is 32.1. The number of primary amides is 1. The molecular formula is C23H23N7O2S. The van der Waals surface area contributed by atoms with E-state index in [1.165, 1.54) is 0 Å². The van der Waals surface area contributed by atoms with E-state index in [-0.39, 0.29) is 5.91 Å². The number of hydrogen-bond donors (Lipinski definition) is 2. The maximum absolute atomic E-state index is 11.8. The molecule has 168 valence electrons. The van der Waals surface area contributed by atoms with Gasteiger partial charge in [0.05, 0.1) is 5.69 Å². The van der Waals surface area contributed by atoms with Crippen molar-refractivity contribution in [2.45, 2.75) is 19.3 Å². The van der Waals surface area contributed by atoms with E-state index in [0.29, 0.717) is 41.3 Å². The number of benzene rings is 1. The second kappa shape index (κ2) is 8.99. The zero-order valence-corrected chi connectivity index (χ0v) is 18.7. The Balaban J connectivity index is 1.46. The molecule has 0 bridgehead atoms. The van der Waals surface area contributed by atoms with Gasteiger partial charge >= 0.3 is 0 Å². The molecule has 9 nitrogen and oxygen atoms in total. The van der Waals surface area contributed by atoms with Crippen LogP contribution in [-0.4, -0.2) is 55.9 Å². The smallest absolute Gasteiger partial charge is 0.248 e. The van der Waals surface area contributed by atoms with Crippen molar-refractivity contribution in [1.29, 1.82) is 0 Å². The molecule has 4 aromatic rings. The van der Waals surface area contributed by atoms with E-state index in [9.17, 15) is 9.59 Å². The average molecular weight is 462 g/mol. The molecular weight excluding hydrogens is 438 g/mol. The minimum Gasteiger partial charge on any atom is -0.368 e. The van der Waals surface area contributed by atoms with Gasteiger partial charge in [-0.25, -0.2) is 15.0 Å². The first-order chi connectivity index (χ1) is 16.1. The molecule has 0 spiro atoms. The quantitative estimate of drug-likeness (QED) is 0.389. The molecule has 4 heterocycles. The number of fused-ring (bicyclic) bond motifs is 1. The Morgan fingerprint density at radius 3 is 2.73 bits per heavy atom. The molecule has 1 fully saturated rings. The minimum absolute atomic E-state index is 0.232. The van der Waals surface area contributed by atoms with E-state index in [0.717, 1.165) is 37.2 Å². The standard InChI is InChI=1S/C23H23N7O2S/c24-20(32)15-4-6-16(7-5-15)21-27-22(25-9-2-11-29-10-1-3-18(29)31)19-23(28-21)30(14-26-19)17-8-12-33-13-17/h4-8,12-14H,1-3,9-11H2,(H2,24,32)(H,25,27,28). The maximum Gasteiger partial charge on any atom is 0.248 e. The first-order valence-electron chi connectivity index (χ1n) is 10.8. The molecule has 1 aliphatic heterocycles. The first-order valence-corrected chi connectivity index (χ1v) is 11.7. The number of carbonyl (C=O) groups excluding carboxylic acids is 2. The third-order valence-corrected chi connectivity index (χ3v) is 6.35. The lowest BCUT2D eigenvalue weighted by Gasteiger charge is -2.15. The van der Waals surface area contributed by atoms with Crippen molar-refractivity contribution in [2.75, 3.05) is 25.0 Å². The number of anilines is 1. The predicted molar refractivity (Wildman–Crippen MR) is 127 cm³/mol. The number of nitrogens with one attached hydrogen (secondary N) is 1. The Hall–Kier alpha value is -3.79. The van der Waals surface area contributed by atoms with Crippen LogP contribution in [0.25, 0.3) is 28.2 Å². The van der Waals surface area contributed by atoms with Gasteiger partial charge in [-0.05, 0) is 36.4 Å². The van der Waals surface area contributed by atoms with Crippen LogP contribution in [0.15, 0.2) is 47.4 Å². The van der Waals surface area contributed by atoms with Crippen LogP contribution in [0.3, 0.4) is 0 Å². The molecule has 33 heavy (non-hydrogen) atoms. The lowest BCUT2D eigenvalue weighted by molar-refractivity contribution is -0.127. The fourth-order valence-electron chi connectivity index (χ4n) is 3.94. The fourth-order valence-corrected chi connectivity index (χ4v) is 4.56. The summed E-state index contributed by atoms with van der Waals surface area (Å²) in [6, 6.07) is 8.92. The molecule has 2 amide bonds. The van der Waals surface area contributed by atoms with Crippen LogP contribution < -0.4 is 11.1 Å². The summed E-state index contributed by atoms with van der Waals surface area (Å²) in [7, 11) is 0. The summed E-state index contributed by atoms with van der Waals surface area (Å²) in [5.41, 5.74) is 8.91. The first kappa shape index (κ1) is 21.1. The average Bonchev–Trinajstić information content (AvgIpc) is 3.57. The number of amides is 2. The second-order valence-electron chi connectivity index (χ2n) is 7.87. The predicted octanol–water partition coefficient (Wildman–Crippen LogP) is 3.07. The van der Waals surface area contributed by atoms with Crippen molar-refractivity contribution in [3.05, 3.63) is 53.0 Å². The lowest BCUT2D eigenvalue weighted by Crippen LogP contribution is -2.27. The normalized spacial score (nSPS) is 13.7. The van der Waals surface area contributed by atoms with Crippen molar-refractivity contribution in [3.63, 3.8) is 0 Å². The fraction of sp³-hybridized carbons (Fsp3) is 0.261. The van der Waals surface area contributed by atoms with Crippen molar-refractivity contribution in [1.82, 2.24) is 24.4 Å². The molecule has 0 saturated carbocycles. The van der Waals surface area contributed by atoms with Gasteiger partial charge in [0.25, 0.3) is 0 Å². The molecule has 1 aromatic carbocycles. The maximum atomic E-state index is 11.8. The number of hydrogen-bond acceptors (Lipinski definition) is 7. The summed E-state index contributed by atoms with van der Waals surface area (Å²) in [6.45, 7) is 2.22. The highest BCUT2D eigenvalue weighted by Gasteiger charge is 2.20. The summed E-state index contributed by atoms with van der Waals surface area (Å²) in [5, 5.41) is 7.43. The van der Waals surface area contributed by atoms with Crippen molar-refractivity contribution in [3.8, 4) is 17.1 Å². The molecule has 0 radical (unpaired) electrons. The number of likely N-dealkylation sites (tertiary alicyclic amines) is 1. The molecule has 3 N–H and O–H groups in total. The van der Waals surface area contributed by atoms with Crippen LogP contribution in [-0.2, 0) is 4.79 Å². The minimum atomic E-state index is -0.479. The third-order valence-electron chi connectivity index (χ3n) is 5.68. The van der Waals surface area contributed by atoms with Gasteiger partial charge in [0.1, 0.15) is 6.33 Å². The van der Waals surface area contributed by atoms with Crippen LogP contribution in [0.5, 0.6) is 0 Å². The summed E-state index contributed by atoms with van der Waals surface area (Å²) in [6.07, 6.45) is 4.15. The number of nitrogens with zero attached hydrogens (tertiary/aromatic N) is 5. The summed E-state index contributed by atoms with van der Waals surface area (Å²) >= 11 is 1.60. The Morgan fingerprint density at radius 2 is 2.03 bits per heavy atom. The largest absolute Gasteiger partial charge is 0.368 e. The molecule has 1 aliphatic rings. The van der Waals surface area contributed by atoms with Gasteiger partial charge in [-0.2, -0.15) is 11.3 Å². The van der Waals surface area contributed by atoms with E-state index >= 15 is 0 Å². The van der Waals surface area contributed by atoms with Crippen LogP contribution in [0, 0.1) is 0 Å². The van der Waals surface area contributed by atoms with E-state index in [1.807, 2.05) is 26.3 Å². The molecule has 0 atom stereocenters. The van der Waals surface area contributed by atoms with Crippen LogP contribution >= 0.6 is 11.3 Å².